The first-order valence-electron chi connectivity index (χ1n) is 6.85. The minimum Gasteiger partial charge on any atom is -0.308 e. The predicted octanol–water partition coefficient (Wildman–Crippen LogP) is 3.57. The summed E-state index contributed by atoms with van der Waals surface area (Å²) in [5, 5.41) is 3.37. The highest BCUT2D eigenvalue weighted by atomic mass is 14.9. The highest BCUT2D eigenvalue weighted by Gasteiger charge is 2.15. The van der Waals surface area contributed by atoms with Crippen LogP contribution in [0.25, 0.3) is 0 Å². The molecule has 0 spiro atoms. The van der Waals surface area contributed by atoms with Crippen LogP contribution in [0.5, 0.6) is 0 Å². The Labute approximate surface area is 115 Å². The minimum atomic E-state index is 0.159. The standard InChI is InChI=1S/C17H22N2/c1-5-14-6-8-15(9-7-14)17(18-4)16-13(3)10-12(2)11-19-16/h6-11,17-18H,5H2,1-4H3. The Kier molecular flexibility index (Phi) is 4.33. The number of rotatable bonds is 4. The molecule has 0 aliphatic heterocycles. The van der Waals surface area contributed by atoms with E-state index < -0.39 is 0 Å². The highest BCUT2D eigenvalue weighted by Crippen LogP contribution is 2.23. The zero-order chi connectivity index (χ0) is 13.8. The van der Waals surface area contributed by atoms with E-state index in [1.54, 1.807) is 0 Å². The lowest BCUT2D eigenvalue weighted by Gasteiger charge is -2.19. The molecule has 2 rings (SSSR count). The van der Waals surface area contributed by atoms with E-state index in [4.69, 9.17) is 0 Å². The monoisotopic (exact) mass is 254 g/mol. The first-order valence-corrected chi connectivity index (χ1v) is 6.85. The normalized spacial score (nSPS) is 12.4. The van der Waals surface area contributed by atoms with E-state index >= 15 is 0 Å². The summed E-state index contributed by atoms with van der Waals surface area (Å²) >= 11 is 0. The van der Waals surface area contributed by atoms with Gasteiger partial charge in [0, 0.05) is 6.20 Å². The molecule has 1 atom stereocenters. The number of benzene rings is 1. The summed E-state index contributed by atoms with van der Waals surface area (Å²) in [6, 6.07) is 11.1. The number of nitrogens with zero attached hydrogens (tertiary/aromatic N) is 1. The Hall–Kier alpha value is -1.67. The SMILES string of the molecule is CCc1ccc(C(NC)c2ncc(C)cc2C)cc1. The maximum atomic E-state index is 4.61. The van der Waals surface area contributed by atoms with Crippen LogP contribution in [-0.2, 0) is 6.42 Å². The molecule has 1 N–H and O–H groups in total. The van der Waals surface area contributed by atoms with Crippen molar-refractivity contribution < 1.29 is 0 Å². The fourth-order valence-corrected chi connectivity index (χ4v) is 2.44. The van der Waals surface area contributed by atoms with Gasteiger partial charge in [0.25, 0.3) is 0 Å². The summed E-state index contributed by atoms with van der Waals surface area (Å²) in [7, 11) is 1.99. The Morgan fingerprint density at radius 3 is 2.37 bits per heavy atom. The summed E-state index contributed by atoms with van der Waals surface area (Å²) in [6.45, 7) is 6.38. The molecular formula is C17H22N2. The van der Waals surface area contributed by atoms with E-state index in [2.05, 4.69) is 61.4 Å². The first kappa shape index (κ1) is 13.8. The molecule has 0 radical (unpaired) electrons. The molecule has 0 aliphatic rings. The van der Waals surface area contributed by atoms with Gasteiger partial charge >= 0.3 is 0 Å². The first-order chi connectivity index (χ1) is 9.15. The Balaban J connectivity index is 2.37. The predicted molar refractivity (Wildman–Crippen MR) is 80.4 cm³/mol. The summed E-state index contributed by atoms with van der Waals surface area (Å²) < 4.78 is 0. The van der Waals surface area contributed by atoms with Crippen LogP contribution in [-0.4, -0.2) is 12.0 Å². The fraction of sp³-hybridized carbons (Fsp3) is 0.353. The van der Waals surface area contributed by atoms with Gasteiger partial charge < -0.3 is 5.32 Å². The van der Waals surface area contributed by atoms with Crippen LogP contribution >= 0.6 is 0 Å². The fourth-order valence-electron chi connectivity index (χ4n) is 2.44. The summed E-state index contributed by atoms with van der Waals surface area (Å²) in [4.78, 5) is 4.61. The molecule has 1 aromatic carbocycles. The van der Waals surface area contributed by atoms with Crippen LogP contribution in [0.2, 0.25) is 0 Å². The second-order valence-corrected chi connectivity index (χ2v) is 5.03. The molecule has 0 aliphatic carbocycles. The van der Waals surface area contributed by atoms with Crippen LogP contribution in [0.3, 0.4) is 0 Å². The zero-order valence-corrected chi connectivity index (χ0v) is 12.2. The van der Waals surface area contributed by atoms with Gasteiger partial charge in [0.1, 0.15) is 0 Å². The lowest BCUT2D eigenvalue weighted by molar-refractivity contribution is 0.665. The van der Waals surface area contributed by atoms with Crippen LogP contribution < -0.4 is 5.32 Å². The van der Waals surface area contributed by atoms with Crippen LogP contribution in [0, 0.1) is 13.8 Å². The van der Waals surface area contributed by atoms with E-state index in [9.17, 15) is 0 Å². The molecular weight excluding hydrogens is 232 g/mol. The third-order valence-corrected chi connectivity index (χ3v) is 3.54. The minimum absolute atomic E-state index is 0.159. The maximum absolute atomic E-state index is 4.61. The van der Waals surface area contributed by atoms with E-state index in [1.165, 1.54) is 22.3 Å². The lowest BCUT2D eigenvalue weighted by Crippen LogP contribution is -2.20. The van der Waals surface area contributed by atoms with Crippen LogP contribution in [0.15, 0.2) is 36.5 Å². The molecule has 1 aromatic heterocycles. The number of aromatic nitrogens is 1. The number of nitrogens with one attached hydrogen (secondary N) is 1. The van der Waals surface area contributed by atoms with Gasteiger partial charge in [-0.25, -0.2) is 0 Å². The summed E-state index contributed by atoms with van der Waals surface area (Å²) in [5.41, 5.74) is 6.18. The van der Waals surface area contributed by atoms with Gasteiger partial charge in [-0.2, -0.15) is 0 Å². The van der Waals surface area contributed by atoms with Crippen LogP contribution in [0.4, 0.5) is 0 Å². The number of pyridine rings is 1. The second-order valence-electron chi connectivity index (χ2n) is 5.03. The average molecular weight is 254 g/mol. The second kappa shape index (κ2) is 5.98. The molecule has 0 saturated heterocycles. The van der Waals surface area contributed by atoms with Crippen molar-refractivity contribution in [2.24, 2.45) is 0 Å². The highest BCUT2D eigenvalue weighted by molar-refractivity contribution is 5.35. The molecule has 1 unspecified atom stereocenters. The van der Waals surface area contributed by atoms with Crippen molar-refractivity contribution in [1.82, 2.24) is 10.3 Å². The van der Waals surface area contributed by atoms with Crippen molar-refractivity contribution in [1.29, 1.82) is 0 Å². The molecule has 0 saturated carbocycles. The molecule has 19 heavy (non-hydrogen) atoms. The molecule has 2 aromatic rings. The summed E-state index contributed by atoms with van der Waals surface area (Å²) in [6.07, 6.45) is 3.01. The van der Waals surface area contributed by atoms with Gasteiger partial charge in [0.2, 0.25) is 0 Å². The van der Waals surface area contributed by atoms with Gasteiger partial charge in [-0.15, -0.1) is 0 Å². The molecule has 0 amide bonds. The smallest absolute Gasteiger partial charge is 0.0751 e. The molecule has 0 fully saturated rings. The van der Waals surface area contributed by atoms with E-state index in [-0.39, 0.29) is 6.04 Å². The Morgan fingerprint density at radius 1 is 1.16 bits per heavy atom. The van der Waals surface area contributed by atoms with Crippen molar-refractivity contribution >= 4 is 0 Å². The zero-order valence-electron chi connectivity index (χ0n) is 12.2. The van der Waals surface area contributed by atoms with Gasteiger partial charge in [0.05, 0.1) is 11.7 Å². The Morgan fingerprint density at radius 2 is 1.84 bits per heavy atom. The maximum Gasteiger partial charge on any atom is 0.0751 e. The van der Waals surface area contributed by atoms with Crippen molar-refractivity contribution in [3.63, 3.8) is 0 Å². The van der Waals surface area contributed by atoms with Gasteiger partial charge in [-0.3, -0.25) is 4.98 Å². The van der Waals surface area contributed by atoms with E-state index in [1.807, 2.05) is 13.2 Å². The Bertz CT molecular complexity index is 544. The van der Waals surface area contributed by atoms with Crippen molar-refractivity contribution in [2.45, 2.75) is 33.2 Å². The third kappa shape index (κ3) is 3.02. The molecule has 100 valence electrons. The quantitative estimate of drug-likeness (QED) is 0.902. The van der Waals surface area contributed by atoms with Gasteiger partial charge in [-0.1, -0.05) is 37.3 Å². The van der Waals surface area contributed by atoms with Crippen LogP contribution in [0.1, 0.15) is 40.9 Å². The van der Waals surface area contributed by atoms with Crippen molar-refractivity contribution in [2.75, 3.05) is 7.05 Å². The van der Waals surface area contributed by atoms with E-state index in [0.717, 1.165) is 12.1 Å². The lowest BCUT2D eigenvalue weighted by atomic mass is 9.98. The van der Waals surface area contributed by atoms with Crippen molar-refractivity contribution in [3.05, 3.63) is 64.5 Å². The molecule has 2 nitrogen and oxygen atoms in total. The number of aryl methyl sites for hydroxylation is 3. The molecule has 0 bridgehead atoms. The largest absolute Gasteiger partial charge is 0.308 e. The molecule has 1 heterocycles. The number of hydrogen-bond acceptors (Lipinski definition) is 2. The van der Waals surface area contributed by atoms with Crippen molar-refractivity contribution in [3.8, 4) is 0 Å². The van der Waals surface area contributed by atoms with E-state index in [0.29, 0.717) is 0 Å². The third-order valence-electron chi connectivity index (χ3n) is 3.54. The summed E-state index contributed by atoms with van der Waals surface area (Å²) in [5.74, 6) is 0. The van der Waals surface area contributed by atoms with Gasteiger partial charge in [0.15, 0.2) is 0 Å². The topological polar surface area (TPSA) is 24.9 Å². The average Bonchev–Trinajstić information content (AvgIpc) is 2.42. The molecule has 2 heteroatoms. The number of hydrogen-bond donors (Lipinski definition) is 1. The van der Waals surface area contributed by atoms with Gasteiger partial charge in [-0.05, 0) is 49.6 Å².